The highest BCUT2D eigenvalue weighted by molar-refractivity contribution is 5.83. The van der Waals surface area contributed by atoms with Crippen LogP contribution in [0.5, 0.6) is 0 Å². The van der Waals surface area contributed by atoms with Crippen molar-refractivity contribution >= 4 is 29.9 Å². The Balaban J connectivity index is -0.0000000959. The van der Waals surface area contributed by atoms with Crippen LogP contribution in [0.15, 0.2) is 0 Å². The van der Waals surface area contributed by atoms with E-state index in [4.69, 9.17) is 5.11 Å². The summed E-state index contributed by atoms with van der Waals surface area (Å²) in [5.41, 5.74) is 0. The van der Waals surface area contributed by atoms with Gasteiger partial charge in [-0.15, -0.1) is 0 Å². The molecule has 0 fully saturated rings. The van der Waals surface area contributed by atoms with Gasteiger partial charge in [-0.1, -0.05) is 48.5 Å². The largest absolute Gasteiger partial charge is 0.481 e. The highest BCUT2D eigenvalue weighted by Crippen LogP contribution is 1.97. The monoisotopic (exact) mass is 449 g/mol. The van der Waals surface area contributed by atoms with Crippen LogP contribution in [0.3, 0.4) is 0 Å². The Labute approximate surface area is 189 Å². The Bertz CT molecular complexity index is 447. The number of carboxylic acid groups (broad SMARTS) is 1. The third-order valence-electron chi connectivity index (χ3n) is 3.25. The van der Waals surface area contributed by atoms with Gasteiger partial charge in [0.05, 0.1) is 19.0 Å². The van der Waals surface area contributed by atoms with Gasteiger partial charge >= 0.3 is 5.97 Å². The maximum Gasteiger partial charge on any atom is 0.306 e. The van der Waals surface area contributed by atoms with Crippen molar-refractivity contribution in [1.29, 1.82) is 0 Å². The molecule has 0 radical (unpaired) electrons. The van der Waals surface area contributed by atoms with Gasteiger partial charge < -0.3 is 25.9 Å². The molecule has 0 bridgehead atoms. The average Bonchev–Trinajstić information content (AvgIpc) is 2.74. The van der Waals surface area contributed by atoms with E-state index in [0.29, 0.717) is 25.9 Å². The third-order valence-corrected chi connectivity index (χ3v) is 3.25. The molecule has 31 heavy (non-hydrogen) atoms. The van der Waals surface area contributed by atoms with E-state index in [-0.39, 0.29) is 35.9 Å². The smallest absolute Gasteiger partial charge is 0.306 e. The number of likely N-dealkylation sites (N-methyl/N-ethyl adjacent to an activating group) is 2. The van der Waals surface area contributed by atoms with Crippen LogP contribution >= 0.6 is 0 Å². The second-order valence-electron chi connectivity index (χ2n) is 6.31. The van der Waals surface area contributed by atoms with Crippen LogP contribution in [0.1, 0.15) is 75.2 Å². The van der Waals surface area contributed by atoms with Crippen molar-refractivity contribution < 1.29 is 29.1 Å². The molecular formula is C22H47N3O6. The SMILES string of the molecule is CC.CC(C)C(=O)CNC=O.CCC(C)=O.CCNC(=O)CNC.CC[C@H](C)C(=O)O. The molecule has 0 aliphatic carbocycles. The van der Waals surface area contributed by atoms with Crippen LogP contribution in [0, 0.1) is 11.8 Å². The minimum atomic E-state index is -0.706. The topological polar surface area (TPSA) is 142 Å². The van der Waals surface area contributed by atoms with E-state index in [9.17, 15) is 24.0 Å². The zero-order valence-corrected chi connectivity index (χ0v) is 21.3. The van der Waals surface area contributed by atoms with Crippen LogP contribution in [0.2, 0.25) is 0 Å². The van der Waals surface area contributed by atoms with Gasteiger partial charge in [-0.3, -0.25) is 19.2 Å². The first-order chi connectivity index (χ1) is 14.4. The molecule has 0 aromatic heterocycles. The molecule has 9 nitrogen and oxygen atoms in total. The summed E-state index contributed by atoms with van der Waals surface area (Å²) in [5.74, 6) is -0.512. The number of carbonyl (C=O) groups excluding carboxylic acids is 4. The number of amides is 2. The Kier molecular flexibility index (Phi) is 41.0. The van der Waals surface area contributed by atoms with E-state index >= 15 is 0 Å². The molecule has 1 atom stereocenters. The number of carbonyl (C=O) groups is 5. The molecule has 186 valence electrons. The molecular weight excluding hydrogens is 402 g/mol. The van der Waals surface area contributed by atoms with Gasteiger partial charge in [0.2, 0.25) is 12.3 Å². The second-order valence-corrected chi connectivity index (χ2v) is 6.31. The quantitative estimate of drug-likeness (QED) is 0.375. The van der Waals surface area contributed by atoms with Crippen LogP contribution in [-0.4, -0.2) is 61.6 Å². The van der Waals surface area contributed by atoms with E-state index in [1.807, 2.05) is 34.6 Å². The number of carboxylic acids is 1. The maximum atomic E-state index is 10.7. The van der Waals surface area contributed by atoms with Crippen molar-refractivity contribution in [2.45, 2.75) is 75.2 Å². The number of hydrogen-bond donors (Lipinski definition) is 4. The zero-order chi connectivity index (χ0) is 25.8. The van der Waals surface area contributed by atoms with Crippen molar-refractivity contribution in [3.63, 3.8) is 0 Å². The lowest BCUT2D eigenvalue weighted by molar-refractivity contribution is -0.141. The van der Waals surface area contributed by atoms with Gasteiger partial charge in [0, 0.05) is 18.9 Å². The molecule has 0 unspecified atom stereocenters. The predicted molar refractivity (Wildman–Crippen MR) is 126 cm³/mol. The van der Waals surface area contributed by atoms with Crippen molar-refractivity contribution in [2.75, 3.05) is 26.7 Å². The summed E-state index contributed by atoms with van der Waals surface area (Å²) in [6.07, 6.45) is 1.91. The fraction of sp³-hybridized carbons (Fsp3) is 0.773. The first-order valence-electron chi connectivity index (χ1n) is 10.8. The minimum Gasteiger partial charge on any atom is -0.481 e. The van der Waals surface area contributed by atoms with E-state index in [1.54, 1.807) is 34.7 Å². The molecule has 0 rings (SSSR count). The Morgan fingerprint density at radius 1 is 0.968 bits per heavy atom. The van der Waals surface area contributed by atoms with Crippen molar-refractivity contribution in [2.24, 2.45) is 11.8 Å². The molecule has 0 aliphatic rings. The lowest BCUT2D eigenvalue weighted by atomic mass is 10.1. The molecule has 4 N–H and O–H groups in total. The highest BCUT2D eigenvalue weighted by atomic mass is 16.4. The predicted octanol–water partition coefficient (Wildman–Crippen LogP) is 2.43. The lowest BCUT2D eigenvalue weighted by Gasteiger charge is -2.00. The fourth-order valence-electron chi connectivity index (χ4n) is 0.941. The van der Waals surface area contributed by atoms with Crippen LogP contribution in [0.25, 0.3) is 0 Å². The zero-order valence-electron chi connectivity index (χ0n) is 21.3. The van der Waals surface area contributed by atoms with Gasteiger partial charge in [0.25, 0.3) is 0 Å². The first kappa shape index (κ1) is 39.2. The average molecular weight is 450 g/mol. The van der Waals surface area contributed by atoms with Crippen molar-refractivity contribution in [3.05, 3.63) is 0 Å². The molecule has 2 amide bonds. The minimum absolute atomic E-state index is 0.0115. The number of Topliss-reactive ketones (excluding diaryl/α,β-unsaturated/α-hetero) is 2. The van der Waals surface area contributed by atoms with Crippen LogP contribution < -0.4 is 16.0 Å². The van der Waals surface area contributed by atoms with Crippen molar-refractivity contribution in [1.82, 2.24) is 16.0 Å². The lowest BCUT2D eigenvalue weighted by Crippen LogP contribution is -2.31. The summed E-state index contributed by atoms with van der Waals surface area (Å²) < 4.78 is 0. The van der Waals surface area contributed by atoms with E-state index in [1.165, 1.54) is 0 Å². The summed E-state index contributed by atoms with van der Waals surface area (Å²) in [4.78, 5) is 50.6. The van der Waals surface area contributed by atoms with E-state index in [0.717, 1.165) is 6.42 Å². The number of hydrogen-bond acceptors (Lipinski definition) is 6. The van der Waals surface area contributed by atoms with Crippen LogP contribution in [-0.2, 0) is 24.0 Å². The van der Waals surface area contributed by atoms with E-state index < -0.39 is 5.97 Å². The molecule has 0 heterocycles. The first-order valence-corrected chi connectivity index (χ1v) is 10.8. The second kappa shape index (κ2) is 32.4. The maximum absolute atomic E-state index is 10.7. The summed E-state index contributed by atoms with van der Waals surface area (Å²) in [6.45, 7) is 17.8. The van der Waals surface area contributed by atoms with E-state index in [2.05, 4.69) is 16.0 Å². The third kappa shape index (κ3) is 47.1. The summed E-state index contributed by atoms with van der Waals surface area (Å²) in [7, 11) is 1.75. The number of ketones is 2. The molecule has 9 heteroatoms. The van der Waals surface area contributed by atoms with Crippen LogP contribution in [0.4, 0.5) is 0 Å². The number of nitrogens with one attached hydrogen (secondary N) is 3. The Hall–Kier alpha value is -2.29. The van der Waals surface area contributed by atoms with Gasteiger partial charge in [-0.2, -0.15) is 0 Å². The standard InChI is InChI=1S/C6H11NO2.C5H12N2O.C5H10O2.C4H8O.C2H6/c1-5(2)6(9)3-7-4-8;1-3-7-5(8)4-6-2;1-3-4(2)5(6)7;1-3-4(2)5;1-2/h4-5H,3H2,1-2H3,(H,7,8);6H,3-4H2,1-2H3,(H,7,8);4H,3H2,1-2H3,(H,6,7);3H2,1-2H3;1-2H3/t;;4-;;/m..0../s1. The summed E-state index contributed by atoms with van der Waals surface area (Å²) in [6, 6.07) is 0. The number of rotatable bonds is 10. The van der Waals surface area contributed by atoms with Crippen molar-refractivity contribution in [3.8, 4) is 0 Å². The summed E-state index contributed by atoms with van der Waals surface area (Å²) in [5, 5.41) is 15.9. The molecule has 0 aliphatic heterocycles. The summed E-state index contributed by atoms with van der Waals surface area (Å²) >= 11 is 0. The molecule has 0 saturated heterocycles. The number of aliphatic carboxylic acids is 1. The molecule has 0 aromatic rings. The van der Waals surface area contributed by atoms with Gasteiger partial charge in [0.1, 0.15) is 5.78 Å². The molecule has 0 saturated carbocycles. The fourth-order valence-corrected chi connectivity index (χ4v) is 0.941. The molecule has 0 spiro atoms. The molecule has 0 aromatic carbocycles. The Morgan fingerprint density at radius 3 is 1.61 bits per heavy atom. The van der Waals surface area contributed by atoms with Gasteiger partial charge in [0.15, 0.2) is 5.78 Å². The van der Waals surface area contributed by atoms with Gasteiger partial charge in [-0.25, -0.2) is 0 Å². The Morgan fingerprint density at radius 2 is 1.42 bits per heavy atom. The highest BCUT2D eigenvalue weighted by Gasteiger charge is 2.05. The normalized spacial score (nSPS) is 9.39. The van der Waals surface area contributed by atoms with Gasteiger partial charge in [-0.05, 0) is 27.3 Å².